The molecule has 4 nitrogen and oxygen atoms in total. The molecule has 1 saturated heterocycles. The number of aryl methyl sites for hydroxylation is 1. The van der Waals surface area contributed by atoms with Crippen LogP contribution in [0.5, 0.6) is 0 Å². The van der Waals surface area contributed by atoms with Gasteiger partial charge >= 0.3 is 0 Å². The average molecular weight is 234 g/mol. The number of carbonyl (C=O) groups is 1. The van der Waals surface area contributed by atoms with Gasteiger partial charge in [0.2, 0.25) is 0 Å². The van der Waals surface area contributed by atoms with Crippen LogP contribution in [0.1, 0.15) is 18.4 Å². The van der Waals surface area contributed by atoms with Crippen LogP contribution in [-0.4, -0.2) is 24.7 Å². The third-order valence-electron chi connectivity index (χ3n) is 2.98. The first-order valence-corrected chi connectivity index (χ1v) is 5.92. The highest BCUT2D eigenvalue weighted by atomic mass is 16.5. The van der Waals surface area contributed by atoms with E-state index in [1.807, 2.05) is 31.2 Å². The second-order valence-electron chi connectivity index (χ2n) is 4.42. The minimum Gasteiger partial charge on any atom is -0.364 e. The Morgan fingerprint density at radius 3 is 2.71 bits per heavy atom. The lowest BCUT2D eigenvalue weighted by molar-refractivity contribution is -0.126. The molecule has 1 aromatic carbocycles. The molecule has 2 unspecified atom stereocenters. The molecule has 0 radical (unpaired) electrons. The van der Waals surface area contributed by atoms with Crippen LogP contribution in [0.3, 0.4) is 0 Å². The molecule has 1 heterocycles. The summed E-state index contributed by atoms with van der Waals surface area (Å²) in [4.78, 5) is 11.9. The SMILES string of the molecule is Cc1ccc(NC(=O)C2CCC(CN)O2)cc1. The molecule has 0 bridgehead atoms. The molecule has 0 aromatic heterocycles. The summed E-state index contributed by atoms with van der Waals surface area (Å²) >= 11 is 0. The van der Waals surface area contributed by atoms with Gasteiger partial charge in [0.25, 0.3) is 5.91 Å². The Morgan fingerprint density at radius 1 is 1.41 bits per heavy atom. The van der Waals surface area contributed by atoms with E-state index in [0.717, 1.165) is 18.5 Å². The molecular weight excluding hydrogens is 216 g/mol. The van der Waals surface area contributed by atoms with Gasteiger partial charge in [0.15, 0.2) is 0 Å². The highest BCUT2D eigenvalue weighted by Crippen LogP contribution is 2.20. The first-order valence-electron chi connectivity index (χ1n) is 5.92. The molecule has 2 atom stereocenters. The number of anilines is 1. The number of hydrogen-bond acceptors (Lipinski definition) is 3. The van der Waals surface area contributed by atoms with Crippen LogP contribution in [0.25, 0.3) is 0 Å². The van der Waals surface area contributed by atoms with Gasteiger partial charge in [-0.15, -0.1) is 0 Å². The van der Waals surface area contributed by atoms with Gasteiger partial charge in [-0.1, -0.05) is 17.7 Å². The molecule has 4 heteroatoms. The van der Waals surface area contributed by atoms with Crippen molar-refractivity contribution in [1.82, 2.24) is 0 Å². The quantitative estimate of drug-likeness (QED) is 0.831. The number of nitrogens with two attached hydrogens (primary N) is 1. The molecule has 1 amide bonds. The number of rotatable bonds is 3. The Labute approximate surface area is 101 Å². The van der Waals surface area contributed by atoms with Crippen LogP contribution < -0.4 is 11.1 Å². The number of nitrogens with one attached hydrogen (secondary N) is 1. The normalized spacial score (nSPS) is 23.6. The smallest absolute Gasteiger partial charge is 0.253 e. The van der Waals surface area contributed by atoms with E-state index >= 15 is 0 Å². The van der Waals surface area contributed by atoms with E-state index in [1.165, 1.54) is 5.56 Å². The maximum atomic E-state index is 11.9. The van der Waals surface area contributed by atoms with E-state index in [0.29, 0.717) is 6.54 Å². The van der Waals surface area contributed by atoms with Gasteiger partial charge < -0.3 is 15.8 Å². The molecule has 1 fully saturated rings. The summed E-state index contributed by atoms with van der Waals surface area (Å²) < 4.78 is 5.53. The van der Waals surface area contributed by atoms with E-state index in [9.17, 15) is 4.79 Å². The molecule has 2 rings (SSSR count). The lowest BCUT2D eigenvalue weighted by Gasteiger charge is -2.12. The van der Waals surface area contributed by atoms with E-state index < -0.39 is 0 Å². The lowest BCUT2D eigenvalue weighted by Crippen LogP contribution is -2.29. The van der Waals surface area contributed by atoms with E-state index in [4.69, 9.17) is 10.5 Å². The topological polar surface area (TPSA) is 64.4 Å². The fourth-order valence-electron chi connectivity index (χ4n) is 1.93. The van der Waals surface area contributed by atoms with Crippen LogP contribution >= 0.6 is 0 Å². The van der Waals surface area contributed by atoms with Gasteiger partial charge in [0.05, 0.1) is 6.10 Å². The van der Waals surface area contributed by atoms with Crippen molar-refractivity contribution in [3.8, 4) is 0 Å². The van der Waals surface area contributed by atoms with Gasteiger partial charge in [0.1, 0.15) is 6.10 Å². The number of hydrogen-bond donors (Lipinski definition) is 2. The standard InChI is InChI=1S/C13H18N2O2/c1-9-2-4-10(5-3-9)15-13(16)12-7-6-11(8-14)17-12/h2-5,11-12H,6-8,14H2,1H3,(H,15,16). The van der Waals surface area contributed by atoms with Crippen molar-refractivity contribution in [2.75, 3.05) is 11.9 Å². The Morgan fingerprint density at radius 2 is 2.12 bits per heavy atom. The molecule has 1 aliphatic heterocycles. The molecule has 1 aromatic rings. The van der Waals surface area contributed by atoms with Crippen molar-refractivity contribution in [1.29, 1.82) is 0 Å². The van der Waals surface area contributed by atoms with Crippen LogP contribution in [0, 0.1) is 6.92 Å². The molecule has 0 spiro atoms. The second kappa shape index (κ2) is 5.29. The van der Waals surface area contributed by atoms with Gasteiger partial charge in [-0.25, -0.2) is 0 Å². The predicted molar refractivity (Wildman–Crippen MR) is 66.8 cm³/mol. The first kappa shape index (κ1) is 12.1. The molecule has 17 heavy (non-hydrogen) atoms. The average Bonchev–Trinajstić information content (AvgIpc) is 2.81. The summed E-state index contributed by atoms with van der Waals surface area (Å²) in [5, 5.41) is 2.85. The van der Waals surface area contributed by atoms with Crippen molar-refractivity contribution in [2.24, 2.45) is 5.73 Å². The molecule has 92 valence electrons. The fourth-order valence-corrected chi connectivity index (χ4v) is 1.93. The van der Waals surface area contributed by atoms with Gasteiger partial charge in [-0.2, -0.15) is 0 Å². The zero-order valence-corrected chi connectivity index (χ0v) is 9.98. The molecule has 0 aliphatic carbocycles. The first-order chi connectivity index (χ1) is 8.19. The van der Waals surface area contributed by atoms with Crippen molar-refractivity contribution >= 4 is 11.6 Å². The van der Waals surface area contributed by atoms with Gasteiger partial charge in [-0.3, -0.25) is 4.79 Å². The zero-order valence-electron chi connectivity index (χ0n) is 9.98. The Bertz CT molecular complexity index is 389. The monoisotopic (exact) mass is 234 g/mol. The third kappa shape index (κ3) is 3.05. The van der Waals surface area contributed by atoms with Gasteiger partial charge in [-0.05, 0) is 31.9 Å². The number of ether oxygens (including phenoxy) is 1. The summed E-state index contributed by atoms with van der Waals surface area (Å²) in [7, 11) is 0. The minimum absolute atomic E-state index is 0.0313. The van der Waals surface area contributed by atoms with E-state index in [-0.39, 0.29) is 18.1 Å². The summed E-state index contributed by atoms with van der Waals surface area (Å²) in [6.07, 6.45) is 1.29. The minimum atomic E-state index is -0.357. The third-order valence-corrected chi connectivity index (χ3v) is 2.98. The van der Waals surface area contributed by atoms with Crippen LogP contribution in [0.15, 0.2) is 24.3 Å². The van der Waals surface area contributed by atoms with Crippen molar-refractivity contribution in [2.45, 2.75) is 32.0 Å². The largest absolute Gasteiger partial charge is 0.364 e. The van der Waals surface area contributed by atoms with Crippen molar-refractivity contribution < 1.29 is 9.53 Å². The number of amides is 1. The second-order valence-corrected chi connectivity index (χ2v) is 4.42. The Hall–Kier alpha value is -1.39. The van der Waals surface area contributed by atoms with Gasteiger partial charge in [0, 0.05) is 12.2 Å². The number of benzene rings is 1. The molecule has 3 N–H and O–H groups in total. The summed E-state index contributed by atoms with van der Waals surface area (Å²) in [5.74, 6) is -0.0789. The molecule has 1 aliphatic rings. The Kier molecular flexibility index (Phi) is 3.76. The number of carbonyl (C=O) groups excluding carboxylic acids is 1. The Balaban J connectivity index is 1.91. The van der Waals surface area contributed by atoms with E-state index in [2.05, 4.69) is 5.32 Å². The van der Waals surface area contributed by atoms with Crippen LogP contribution in [0.2, 0.25) is 0 Å². The lowest BCUT2D eigenvalue weighted by atomic mass is 10.2. The van der Waals surface area contributed by atoms with Crippen LogP contribution in [0.4, 0.5) is 5.69 Å². The summed E-state index contributed by atoms with van der Waals surface area (Å²) in [6.45, 7) is 2.49. The van der Waals surface area contributed by atoms with Crippen molar-refractivity contribution in [3.63, 3.8) is 0 Å². The summed E-state index contributed by atoms with van der Waals surface area (Å²) in [6, 6.07) is 7.72. The zero-order chi connectivity index (χ0) is 12.3. The predicted octanol–water partition coefficient (Wildman–Crippen LogP) is 1.44. The summed E-state index contributed by atoms with van der Waals surface area (Å²) in [5.41, 5.74) is 7.48. The maximum Gasteiger partial charge on any atom is 0.253 e. The highest BCUT2D eigenvalue weighted by Gasteiger charge is 2.29. The molecular formula is C13H18N2O2. The molecule has 0 saturated carbocycles. The fraction of sp³-hybridized carbons (Fsp3) is 0.462. The van der Waals surface area contributed by atoms with E-state index in [1.54, 1.807) is 0 Å². The highest BCUT2D eigenvalue weighted by molar-refractivity contribution is 5.94. The van der Waals surface area contributed by atoms with Crippen molar-refractivity contribution in [3.05, 3.63) is 29.8 Å². The van der Waals surface area contributed by atoms with Crippen LogP contribution in [-0.2, 0) is 9.53 Å². The maximum absolute atomic E-state index is 11.9.